The normalized spacial score (nSPS) is 23.4. The number of hydrogen-bond donors (Lipinski definition) is 2. The highest BCUT2D eigenvalue weighted by Gasteiger charge is 2.65. The summed E-state index contributed by atoms with van der Waals surface area (Å²) in [4.78, 5) is 23.1. The van der Waals surface area contributed by atoms with Crippen LogP contribution in [0.2, 0.25) is 0 Å². The number of anilines is 1. The summed E-state index contributed by atoms with van der Waals surface area (Å²) in [6.07, 6.45) is 3.24. The summed E-state index contributed by atoms with van der Waals surface area (Å²) in [5.74, 6) is -2.31. The molecule has 0 aromatic carbocycles. The fraction of sp³-hybridized carbons (Fsp3) is 0.615. The number of aromatic nitrogens is 2. The topological polar surface area (TPSA) is 93.5 Å². The van der Waals surface area contributed by atoms with Gasteiger partial charge in [-0.1, -0.05) is 13.8 Å². The van der Waals surface area contributed by atoms with Crippen LogP contribution in [0, 0.1) is 17.3 Å². The van der Waals surface area contributed by atoms with Gasteiger partial charge in [0.2, 0.25) is 5.91 Å². The average Bonchev–Trinajstić information content (AvgIpc) is 2.72. The fourth-order valence-corrected chi connectivity index (χ4v) is 2.54. The van der Waals surface area contributed by atoms with Crippen LogP contribution < -0.4 is 5.32 Å². The highest BCUT2D eigenvalue weighted by Crippen LogP contribution is 2.58. The van der Waals surface area contributed by atoms with Crippen LogP contribution in [0.5, 0.6) is 0 Å². The van der Waals surface area contributed by atoms with E-state index < -0.39 is 23.2 Å². The molecule has 1 aromatic rings. The minimum Gasteiger partial charge on any atom is -0.481 e. The largest absolute Gasteiger partial charge is 0.481 e. The van der Waals surface area contributed by atoms with Gasteiger partial charge in [-0.3, -0.25) is 14.3 Å². The Hall–Kier alpha value is -1.89. The number of carbonyl (C=O) groups excluding carboxylic acids is 1. The predicted molar refractivity (Wildman–Crippen MR) is 71.1 cm³/mol. The van der Waals surface area contributed by atoms with Gasteiger partial charge in [0.1, 0.15) is 0 Å². The number of carboxylic acids is 1. The molecule has 0 radical (unpaired) electrons. The van der Waals surface area contributed by atoms with Crippen molar-refractivity contribution in [1.82, 2.24) is 9.78 Å². The molecule has 110 valence electrons. The second-order valence-corrected chi connectivity index (χ2v) is 5.59. The van der Waals surface area contributed by atoms with Crippen molar-refractivity contribution in [2.75, 3.05) is 19.0 Å². The molecule has 0 spiro atoms. The lowest BCUT2D eigenvalue weighted by molar-refractivity contribution is -0.140. The third kappa shape index (κ3) is 2.67. The van der Waals surface area contributed by atoms with Crippen LogP contribution in [0.25, 0.3) is 0 Å². The molecule has 7 nitrogen and oxygen atoms in total. The first-order valence-corrected chi connectivity index (χ1v) is 6.43. The summed E-state index contributed by atoms with van der Waals surface area (Å²) in [6, 6.07) is 0. The first-order valence-electron chi connectivity index (χ1n) is 6.43. The molecular formula is C13H19N3O4. The number of amides is 1. The number of aliphatic carboxylic acids is 1. The van der Waals surface area contributed by atoms with E-state index in [-0.39, 0.29) is 5.91 Å². The first kappa shape index (κ1) is 14.5. The summed E-state index contributed by atoms with van der Waals surface area (Å²) in [5, 5.41) is 15.9. The van der Waals surface area contributed by atoms with Crippen molar-refractivity contribution in [3.8, 4) is 0 Å². The van der Waals surface area contributed by atoms with Crippen molar-refractivity contribution in [2.45, 2.75) is 20.4 Å². The lowest BCUT2D eigenvalue weighted by Gasteiger charge is -2.03. The maximum absolute atomic E-state index is 12.1. The minimum atomic E-state index is -0.925. The third-order valence-electron chi connectivity index (χ3n) is 3.80. The molecule has 2 rings (SSSR count). The lowest BCUT2D eigenvalue weighted by atomic mass is 10.1. The molecule has 0 bridgehead atoms. The Morgan fingerprint density at radius 1 is 1.50 bits per heavy atom. The van der Waals surface area contributed by atoms with E-state index in [1.165, 1.54) is 0 Å². The molecule has 1 aromatic heterocycles. The van der Waals surface area contributed by atoms with Gasteiger partial charge in [-0.15, -0.1) is 0 Å². The maximum Gasteiger partial charge on any atom is 0.307 e. The fourth-order valence-electron chi connectivity index (χ4n) is 2.54. The second-order valence-electron chi connectivity index (χ2n) is 5.59. The number of rotatable bonds is 6. The van der Waals surface area contributed by atoms with Crippen molar-refractivity contribution in [2.24, 2.45) is 17.3 Å². The SMILES string of the molecule is COCCn1cc(NC(=O)[C@H]2[C@@H](C(=O)O)C2(C)C)cn1. The molecule has 1 heterocycles. The summed E-state index contributed by atoms with van der Waals surface area (Å²) in [6.45, 7) is 4.71. The Bertz CT molecular complexity index is 523. The molecule has 1 saturated carbocycles. The molecule has 1 fully saturated rings. The maximum atomic E-state index is 12.1. The zero-order chi connectivity index (χ0) is 14.9. The van der Waals surface area contributed by atoms with E-state index in [4.69, 9.17) is 9.84 Å². The number of carbonyl (C=O) groups is 2. The number of carboxylic acid groups (broad SMARTS) is 1. The van der Waals surface area contributed by atoms with Gasteiger partial charge in [0.25, 0.3) is 0 Å². The van der Waals surface area contributed by atoms with E-state index in [1.54, 1.807) is 38.0 Å². The average molecular weight is 281 g/mol. The van der Waals surface area contributed by atoms with Crippen LogP contribution in [0.3, 0.4) is 0 Å². The zero-order valence-electron chi connectivity index (χ0n) is 11.8. The van der Waals surface area contributed by atoms with E-state index in [2.05, 4.69) is 10.4 Å². The van der Waals surface area contributed by atoms with Gasteiger partial charge in [-0.05, 0) is 5.41 Å². The molecule has 0 unspecified atom stereocenters. The van der Waals surface area contributed by atoms with Crippen LogP contribution in [0.4, 0.5) is 5.69 Å². The number of hydrogen-bond acceptors (Lipinski definition) is 4. The van der Waals surface area contributed by atoms with Crippen molar-refractivity contribution >= 4 is 17.6 Å². The van der Waals surface area contributed by atoms with Crippen molar-refractivity contribution < 1.29 is 19.4 Å². The number of ether oxygens (including phenoxy) is 1. The monoisotopic (exact) mass is 281 g/mol. The summed E-state index contributed by atoms with van der Waals surface area (Å²) in [7, 11) is 1.60. The zero-order valence-corrected chi connectivity index (χ0v) is 11.8. The van der Waals surface area contributed by atoms with Crippen molar-refractivity contribution in [3.05, 3.63) is 12.4 Å². The lowest BCUT2D eigenvalue weighted by Crippen LogP contribution is -2.17. The smallest absolute Gasteiger partial charge is 0.307 e. The standard InChI is InChI=1S/C13H19N3O4/c1-13(2)9(10(13)12(18)19)11(17)15-8-6-14-16(7-8)4-5-20-3/h6-7,9-10H,4-5H2,1-3H3,(H,15,17)(H,18,19)/t9-,10+/m1/s1. The third-order valence-corrected chi connectivity index (χ3v) is 3.80. The molecule has 2 N–H and O–H groups in total. The summed E-state index contributed by atoms with van der Waals surface area (Å²) >= 11 is 0. The van der Waals surface area contributed by atoms with Gasteiger partial charge in [-0.2, -0.15) is 5.10 Å². The quantitative estimate of drug-likeness (QED) is 0.805. The highest BCUT2D eigenvalue weighted by molar-refractivity contribution is 5.99. The van der Waals surface area contributed by atoms with Crippen LogP contribution in [-0.4, -0.2) is 40.5 Å². The summed E-state index contributed by atoms with van der Waals surface area (Å²) < 4.78 is 6.60. The van der Waals surface area contributed by atoms with Crippen LogP contribution in [0.1, 0.15) is 13.8 Å². The van der Waals surface area contributed by atoms with Crippen LogP contribution >= 0.6 is 0 Å². The molecule has 20 heavy (non-hydrogen) atoms. The molecule has 1 aliphatic rings. The van der Waals surface area contributed by atoms with E-state index in [1.807, 2.05) is 0 Å². The number of methoxy groups -OCH3 is 1. The van der Waals surface area contributed by atoms with Crippen molar-refractivity contribution in [3.63, 3.8) is 0 Å². The van der Waals surface area contributed by atoms with Gasteiger partial charge in [0.15, 0.2) is 0 Å². The van der Waals surface area contributed by atoms with Gasteiger partial charge >= 0.3 is 5.97 Å². The van der Waals surface area contributed by atoms with Gasteiger partial charge in [-0.25, -0.2) is 0 Å². The Kier molecular flexibility index (Phi) is 3.80. The van der Waals surface area contributed by atoms with Crippen LogP contribution in [0.15, 0.2) is 12.4 Å². The van der Waals surface area contributed by atoms with E-state index in [0.29, 0.717) is 18.8 Å². The number of nitrogens with zero attached hydrogens (tertiary/aromatic N) is 2. The van der Waals surface area contributed by atoms with Crippen LogP contribution in [-0.2, 0) is 20.9 Å². The molecule has 7 heteroatoms. The Labute approximate surface area is 116 Å². The second kappa shape index (κ2) is 5.24. The number of nitrogens with one attached hydrogen (secondary N) is 1. The molecule has 0 aliphatic heterocycles. The molecule has 1 aliphatic carbocycles. The minimum absolute atomic E-state index is 0.270. The molecule has 0 saturated heterocycles. The highest BCUT2D eigenvalue weighted by atomic mass is 16.5. The Morgan fingerprint density at radius 2 is 2.20 bits per heavy atom. The van der Waals surface area contributed by atoms with E-state index in [0.717, 1.165) is 0 Å². The van der Waals surface area contributed by atoms with Gasteiger partial charge < -0.3 is 15.2 Å². The Morgan fingerprint density at radius 3 is 2.75 bits per heavy atom. The van der Waals surface area contributed by atoms with Gasteiger partial charge in [0, 0.05) is 13.3 Å². The predicted octanol–water partition coefficient (Wildman–Crippen LogP) is 0.825. The first-order chi connectivity index (χ1) is 9.37. The summed E-state index contributed by atoms with van der Waals surface area (Å²) in [5.41, 5.74) is 0.0695. The molecular weight excluding hydrogens is 262 g/mol. The van der Waals surface area contributed by atoms with Gasteiger partial charge in [0.05, 0.1) is 36.9 Å². The van der Waals surface area contributed by atoms with Crippen molar-refractivity contribution in [1.29, 1.82) is 0 Å². The van der Waals surface area contributed by atoms with E-state index in [9.17, 15) is 9.59 Å². The molecule has 1 amide bonds. The Balaban J connectivity index is 1.95. The molecule has 2 atom stereocenters. The van der Waals surface area contributed by atoms with E-state index >= 15 is 0 Å².